The third-order valence-electron chi connectivity index (χ3n) is 2.49. The lowest BCUT2D eigenvalue weighted by Crippen LogP contribution is -2.24. The smallest absolute Gasteiger partial charge is 0.184 e. The molecule has 2 rings (SSSR count). The zero-order valence-electron chi connectivity index (χ0n) is 10.0. The van der Waals surface area contributed by atoms with Gasteiger partial charge in [-0.1, -0.05) is 48.0 Å². The van der Waals surface area contributed by atoms with Gasteiger partial charge in [0.1, 0.15) is 0 Å². The second-order valence-electron chi connectivity index (χ2n) is 3.83. The van der Waals surface area contributed by atoms with Crippen LogP contribution in [-0.4, -0.2) is 11.3 Å². The number of hydrogen-bond acceptors (Lipinski definition) is 2. The van der Waals surface area contributed by atoms with Crippen LogP contribution in [0, 0.1) is 0 Å². The molecule has 0 saturated carbocycles. The Hall–Kier alpha value is -1.91. The maximum Gasteiger partial charge on any atom is 0.184 e. The van der Waals surface area contributed by atoms with Gasteiger partial charge in [-0.3, -0.25) is 5.43 Å². The molecule has 0 saturated heterocycles. The molecule has 0 aliphatic carbocycles. The van der Waals surface area contributed by atoms with Crippen molar-refractivity contribution in [3.8, 4) is 11.1 Å². The fourth-order valence-electron chi connectivity index (χ4n) is 1.67. The van der Waals surface area contributed by atoms with E-state index in [4.69, 9.17) is 17.3 Å². The minimum absolute atomic E-state index is 0.139. The van der Waals surface area contributed by atoms with Gasteiger partial charge in [-0.2, -0.15) is 5.10 Å². The van der Waals surface area contributed by atoms with E-state index in [0.29, 0.717) is 5.02 Å². The van der Waals surface area contributed by atoms with Gasteiger partial charge in [0.15, 0.2) is 5.11 Å². The van der Waals surface area contributed by atoms with Crippen molar-refractivity contribution in [1.29, 1.82) is 0 Å². The Morgan fingerprint density at radius 2 is 1.84 bits per heavy atom. The number of rotatable bonds is 3. The molecular weight excluding hydrogens is 278 g/mol. The molecule has 19 heavy (non-hydrogen) atoms. The van der Waals surface area contributed by atoms with Crippen LogP contribution in [0.3, 0.4) is 0 Å². The molecule has 2 aromatic rings. The first-order chi connectivity index (χ1) is 9.16. The predicted molar refractivity (Wildman–Crippen MR) is 84.4 cm³/mol. The molecule has 3 N–H and O–H groups in total. The van der Waals surface area contributed by atoms with E-state index >= 15 is 0 Å². The highest BCUT2D eigenvalue weighted by Gasteiger charge is 2.02. The highest BCUT2D eigenvalue weighted by molar-refractivity contribution is 7.80. The lowest BCUT2D eigenvalue weighted by Gasteiger charge is -2.06. The monoisotopic (exact) mass is 289 g/mol. The molecule has 0 aliphatic rings. The molecule has 3 nitrogen and oxygen atoms in total. The molecule has 0 aromatic heterocycles. The number of hydrazone groups is 1. The summed E-state index contributed by atoms with van der Waals surface area (Å²) in [6.45, 7) is 0. The number of halogens is 1. The largest absolute Gasteiger partial charge is 0.375 e. The van der Waals surface area contributed by atoms with E-state index in [1.165, 1.54) is 0 Å². The third-order valence-corrected chi connectivity index (χ3v) is 2.84. The van der Waals surface area contributed by atoms with Crippen LogP contribution in [0.5, 0.6) is 0 Å². The van der Waals surface area contributed by atoms with Gasteiger partial charge in [0.2, 0.25) is 0 Å². The van der Waals surface area contributed by atoms with E-state index < -0.39 is 0 Å². The summed E-state index contributed by atoms with van der Waals surface area (Å²) in [5.41, 5.74) is 11.0. The fraction of sp³-hybridized carbons (Fsp3) is 0. The van der Waals surface area contributed by atoms with Crippen molar-refractivity contribution >= 4 is 35.1 Å². The van der Waals surface area contributed by atoms with Gasteiger partial charge in [-0.15, -0.1) is 0 Å². The van der Waals surface area contributed by atoms with Crippen LogP contribution in [0.2, 0.25) is 5.02 Å². The first-order valence-electron chi connectivity index (χ1n) is 5.60. The molecule has 0 fully saturated rings. The van der Waals surface area contributed by atoms with E-state index in [-0.39, 0.29) is 5.11 Å². The predicted octanol–water partition coefficient (Wildman–Crippen LogP) is 3.17. The summed E-state index contributed by atoms with van der Waals surface area (Å²) in [6.07, 6.45) is 1.68. The molecule has 96 valence electrons. The van der Waals surface area contributed by atoms with Gasteiger partial charge >= 0.3 is 0 Å². The van der Waals surface area contributed by atoms with Crippen molar-refractivity contribution in [2.24, 2.45) is 10.8 Å². The van der Waals surface area contributed by atoms with Gasteiger partial charge < -0.3 is 5.73 Å². The minimum Gasteiger partial charge on any atom is -0.375 e. The molecule has 0 heterocycles. The van der Waals surface area contributed by atoms with Crippen molar-refractivity contribution in [3.63, 3.8) is 0 Å². The first-order valence-corrected chi connectivity index (χ1v) is 6.39. The number of hydrogen-bond donors (Lipinski definition) is 2. The zero-order chi connectivity index (χ0) is 13.7. The van der Waals surface area contributed by atoms with Gasteiger partial charge in [0.25, 0.3) is 0 Å². The standard InChI is InChI=1S/C14H12ClN3S/c15-12-7-5-10(6-8-12)13-4-2-1-3-11(13)9-17-18-14(16)19/h1-9H,(H3,16,18,19). The van der Waals surface area contributed by atoms with Gasteiger partial charge in [-0.05, 0) is 35.5 Å². The van der Waals surface area contributed by atoms with E-state index in [2.05, 4.69) is 22.7 Å². The van der Waals surface area contributed by atoms with Crippen LogP contribution in [0.1, 0.15) is 5.56 Å². The van der Waals surface area contributed by atoms with Crippen molar-refractivity contribution in [3.05, 3.63) is 59.1 Å². The summed E-state index contributed by atoms with van der Waals surface area (Å²) in [5, 5.41) is 4.83. The third kappa shape index (κ3) is 3.77. The Labute approximate surface area is 122 Å². The number of thiocarbonyl (C=S) groups is 1. The van der Waals surface area contributed by atoms with Crippen molar-refractivity contribution < 1.29 is 0 Å². The Kier molecular flexibility index (Phi) is 4.49. The Morgan fingerprint density at radius 3 is 2.53 bits per heavy atom. The van der Waals surface area contributed by atoms with Crippen LogP contribution < -0.4 is 11.2 Å². The van der Waals surface area contributed by atoms with E-state index in [1.807, 2.05) is 48.5 Å². The summed E-state index contributed by atoms with van der Waals surface area (Å²) >= 11 is 10.6. The minimum atomic E-state index is 0.139. The van der Waals surface area contributed by atoms with Crippen LogP contribution in [0.15, 0.2) is 53.6 Å². The molecule has 0 atom stereocenters. The Morgan fingerprint density at radius 1 is 1.16 bits per heavy atom. The van der Waals surface area contributed by atoms with Gasteiger partial charge in [0.05, 0.1) is 6.21 Å². The fourth-order valence-corrected chi connectivity index (χ4v) is 1.85. The molecule has 0 bridgehead atoms. The lowest BCUT2D eigenvalue weighted by atomic mass is 10.0. The molecule has 0 radical (unpaired) electrons. The van der Waals surface area contributed by atoms with Crippen LogP contribution in [0.4, 0.5) is 0 Å². The molecule has 0 spiro atoms. The molecular formula is C14H12ClN3S. The first kappa shape index (κ1) is 13.5. The number of benzene rings is 2. The van der Waals surface area contributed by atoms with Gasteiger partial charge in [-0.25, -0.2) is 0 Å². The Balaban J connectivity index is 2.33. The summed E-state index contributed by atoms with van der Waals surface area (Å²) in [7, 11) is 0. The number of nitrogens with zero attached hydrogens (tertiary/aromatic N) is 1. The van der Waals surface area contributed by atoms with E-state index in [0.717, 1.165) is 16.7 Å². The van der Waals surface area contributed by atoms with Crippen molar-refractivity contribution in [2.45, 2.75) is 0 Å². The SMILES string of the molecule is NC(=S)NN=Cc1ccccc1-c1ccc(Cl)cc1. The van der Waals surface area contributed by atoms with Crippen LogP contribution >= 0.6 is 23.8 Å². The summed E-state index contributed by atoms with van der Waals surface area (Å²) in [4.78, 5) is 0. The zero-order valence-corrected chi connectivity index (χ0v) is 11.6. The summed E-state index contributed by atoms with van der Waals surface area (Å²) in [6, 6.07) is 15.6. The summed E-state index contributed by atoms with van der Waals surface area (Å²) in [5.74, 6) is 0. The molecule has 0 unspecified atom stereocenters. The van der Waals surface area contributed by atoms with Crippen molar-refractivity contribution in [1.82, 2.24) is 5.43 Å². The maximum absolute atomic E-state index is 5.89. The molecule has 0 amide bonds. The van der Waals surface area contributed by atoms with E-state index in [9.17, 15) is 0 Å². The maximum atomic E-state index is 5.89. The average molecular weight is 290 g/mol. The topological polar surface area (TPSA) is 50.4 Å². The highest BCUT2D eigenvalue weighted by atomic mass is 35.5. The van der Waals surface area contributed by atoms with Crippen LogP contribution in [-0.2, 0) is 0 Å². The van der Waals surface area contributed by atoms with Crippen LogP contribution in [0.25, 0.3) is 11.1 Å². The highest BCUT2D eigenvalue weighted by Crippen LogP contribution is 2.24. The Bertz CT molecular complexity index is 608. The quantitative estimate of drug-likeness (QED) is 0.518. The summed E-state index contributed by atoms with van der Waals surface area (Å²) < 4.78 is 0. The number of nitrogens with two attached hydrogens (primary N) is 1. The molecule has 2 aromatic carbocycles. The van der Waals surface area contributed by atoms with Crippen molar-refractivity contribution in [2.75, 3.05) is 0 Å². The second kappa shape index (κ2) is 6.31. The number of nitrogens with one attached hydrogen (secondary N) is 1. The lowest BCUT2D eigenvalue weighted by molar-refractivity contribution is 1.04. The van der Waals surface area contributed by atoms with Gasteiger partial charge in [0, 0.05) is 10.6 Å². The second-order valence-corrected chi connectivity index (χ2v) is 4.70. The normalized spacial score (nSPS) is 10.6. The molecule has 5 heteroatoms. The van der Waals surface area contributed by atoms with E-state index in [1.54, 1.807) is 6.21 Å². The average Bonchev–Trinajstić information content (AvgIpc) is 2.40. The molecule has 0 aliphatic heterocycles.